The van der Waals surface area contributed by atoms with Gasteiger partial charge in [-0.05, 0) is 152 Å². The zero-order valence-corrected chi connectivity index (χ0v) is 40.3. The lowest BCUT2D eigenvalue weighted by atomic mass is 9.81. The summed E-state index contributed by atoms with van der Waals surface area (Å²) in [6.07, 6.45) is 8.40. The summed E-state index contributed by atoms with van der Waals surface area (Å²) in [5, 5.41) is 5.57. The Kier molecular flexibility index (Phi) is 14.9. The zero-order chi connectivity index (χ0) is 48.2. The molecule has 68 heavy (non-hydrogen) atoms. The SMILES string of the molecule is CC(C)Oc1cccc(CN2CC[C@@]3(C[C@@H]2C)C(=NC2CCCCC2)NC(=O)N3c2cccc(F)c2)c1.CC(C)Oc1cccc(CN2CC[C@@]3(C[C@@H]2C)C(=O)NC(=O)N3c2cccc(F)c2)c1. The number of anilines is 2. The van der Waals surface area contributed by atoms with Crippen LogP contribution in [0.3, 0.4) is 0 Å². The van der Waals surface area contributed by atoms with Crippen molar-refractivity contribution >= 4 is 35.2 Å². The van der Waals surface area contributed by atoms with E-state index in [1.807, 2.05) is 64.1 Å². The second kappa shape index (κ2) is 20.8. The predicted octanol–water partition coefficient (Wildman–Crippen LogP) is 10.4. The first-order valence-electron chi connectivity index (χ1n) is 24.5. The van der Waals surface area contributed by atoms with Crippen LogP contribution in [0.25, 0.3) is 0 Å². The van der Waals surface area contributed by atoms with E-state index in [-0.39, 0.29) is 48.1 Å². The van der Waals surface area contributed by atoms with Crippen LogP contribution >= 0.6 is 0 Å². The minimum absolute atomic E-state index is 0.0520. The molecule has 4 aromatic rings. The van der Waals surface area contributed by atoms with Crippen molar-refractivity contribution in [2.24, 2.45) is 4.99 Å². The summed E-state index contributed by atoms with van der Waals surface area (Å²) in [4.78, 5) is 52.1. The number of nitrogens with zero attached hydrogens (tertiary/aromatic N) is 5. The fraction of sp³-hybridized carbons (Fsp3) is 0.481. The van der Waals surface area contributed by atoms with E-state index in [0.29, 0.717) is 30.8 Å². The molecule has 0 aromatic heterocycles. The van der Waals surface area contributed by atoms with Crippen LogP contribution in [0.4, 0.5) is 29.7 Å². The quantitative estimate of drug-likeness (QED) is 0.144. The Morgan fingerprint density at radius 3 is 1.60 bits per heavy atom. The highest BCUT2D eigenvalue weighted by molar-refractivity contribution is 6.19. The minimum Gasteiger partial charge on any atom is -0.491 e. The van der Waals surface area contributed by atoms with Gasteiger partial charge in [-0.15, -0.1) is 0 Å². The predicted molar refractivity (Wildman–Crippen MR) is 262 cm³/mol. The molecule has 362 valence electrons. The summed E-state index contributed by atoms with van der Waals surface area (Å²) < 4.78 is 39.8. The number of amides is 5. The van der Waals surface area contributed by atoms with Crippen molar-refractivity contribution in [3.05, 3.63) is 120 Å². The molecule has 0 unspecified atom stereocenters. The Balaban J connectivity index is 0.000000187. The molecule has 2 spiro atoms. The van der Waals surface area contributed by atoms with Crippen molar-refractivity contribution in [2.45, 2.75) is 154 Å². The van der Waals surface area contributed by atoms with Crippen LogP contribution in [0.15, 0.2) is 102 Å². The second-order valence-corrected chi connectivity index (χ2v) is 19.8. The van der Waals surface area contributed by atoms with Crippen molar-refractivity contribution in [1.29, 1.82) is 0 Å². The van der Waals surface area contributed by atoms with E-state index in [9.17, 15) is 23.2 Å². The summed E-state index contributed by atoms with van der Waals surface area (Å²) in [5.74, 6) is 1.42. The van der Waals surface area contributed by atoms with Crippen molar-refractivity contribution in [3.63, 3.8) is 0 Å². The topological polar surface area (TPSA) is 119 Å². The molecule has 0 radical (unpaired) electrons. The van der Waals surface area contributed by atoms with Crippen molar-refractivity contribution < 1.29 is 32.6 Å². The first kappa shape index (κ1) is 48.6. The van der Waals surface area contributed by atoms with E-state index in [0.717, 1.165) is 68.2 Å². The van der Waals surface area contributed by atoms with Gasteiger partial charge in [-0.2, -0.15) is 0 Å². The lowest BCUT2D eigenvalue weighted by molar-refractivity contribution is -0.125. The second-order valence-electron chi connectivity index (χ2n) is 19.8. The Morgan fingerprint density at radius 2 is 1.10 bits per heavy atom. The number of halogens is 2. The summed E-state index contributed by atoms with van der Waals surface area (Å²) >= 11 is 0. The van der Waals surface area contributed by atoms with Crippen molar-refractivity contribution in [1.82, 2.24) is 20.4 Å². The molecule has 5 aliphatic rings. The molecule has 4 heterocycles. The van der Waals surface area contributed by atoms with Gasteiger partial charge < -0.3 is 9.47 Å². The number of benzene rings is 4. The average Bonchev–Trinajstić information content (AvgIpc) is 3.68. The smallest absolute Gasteiger partial charge is 0.329 e. The van der Waals surface area contributed by atoms with E-state index >= 15 is 0 Å². The Morgan fingerprint density at radius 1 is 0.632 bits per heavy atom. The third-order valence-electron chi connectivity index (χ3n) is 14.0. The van der Waals surface area contributed by atoms with Gasteiger partial charge in [-0.3, -0.25) is 40.0 Å². The van der Waals surface area contributed by atoms with Crippen LogP contribution in [-0.4, -0.2) is 88.1 Å². The Labute approximate surface area is 400 Å². The van der Waals surface area contributed by atoms with Crippen LogP contribution in [0.1, 0.15) is 110 Å². The molecule has 4 atom stereocenters. The molecule has 5 amide bonds. The number of ether oxygens (including phenoxy) is 2. The number of carbonyl (C=O) groups is 3. The monoisotopic (exact) mass is 932 g/mol. The molecule has 4 aromatic carbocycles. The molecule has 12 nitrogen and oxygen atoms in total. The molecule has 9 rings (SSSR count). The number of likely N-dealkylation sites (tertiary alicyclic amines) is 2. The van der Waals surface area contributed by atoms with Gasteiger partial charge in [0.2, 0.25) is 0 Å². The molecule has 5 fully saturated rings. The first-order valence-corrected chi connectivity index (χ1v) is 24.5. The molecule has 0 bridgehead atoms. The zero-order valence-electron chi connectivity index (χ0n) is 40.3. The summed E-state index contributed by atoms with van der Waals surface area (Å²) in [7, 11) is 0. The van der Waals surface area contributed by atoms with Crippen LogP contribution in [0.2, 0.25) is 0 Å². The van der Waals surface area contributed by atoms with E-state index in [2.05, 4.69) is 52.5 Å². The number of nitrogens with one attached hydrogen (secondary N) is 2. The van der Waals surface area contributed by atoms with Gasteiger partial charge in [0.05, 0.1) is 18.2 Å². The summed E-state index contributed by atoms with van der Waals surface area (Å²) in [6.45, 7) is 15.3. The normalized spacial score (nSPS) is 25.3. The summed E-state index contributed by atoms with van der Waals surface area (Å²) in [6, 6.07) is 28.4. The maximum Gasteiger partial charge on any atom is 0.329 e. The van der Waals surface area contributed by atoms with Crippen LogP contribution < -0.4 is 29.9 Å². The highest BCUT2D eigenvalue weighted by Gasteiger charge is 2.57. The summed E-state index contributed by atoms with van der Waals surface area (Å²) in [5.41, 5.74) is 1.74. The van der Waals surface area contributed by atoms with E-state index in [1.54, 1.807) is 23.1 Å². The van der Waals surface area contributed by atoms with Crippen molar-refractivity contribution in [2.75, 3.05) is 22.9 Å². The number of aliphatic imine (C=N–C) groups is 1. The fourth-order valence-electron chi connectivity index (χ4n) is 10.9. The van der Waals surface area contributed by atoms with E-state index in [1.165, 1.54) is 54.0 Å². The number of urea groups is 2. The number of amidine groups is 1. The van der Waals surface area contributed by atoms with E-state index < -0.39 is 22.9 Å². The van der Waals surface area contributed by atoms with E-state index in [4.69, 9.17) is 14.5 Å². The number of rotatable bonds is 11. The molecule has 4 aliphatic heterocycles. The van der Waals surface area contributed by atoms with Gasteiger partial charge in [0, 0.05) is 49.6 Å². The number of piperidine rings is 2. The maximum absolute atomic E-state index is 14.3. The van der Waals surface area contributed by atoms with Crippen LogP contribution in [-0.2, 0) is 17.9 Å². The van der Waals surface area contributed by atoms with Gasteiger partial charge >= 0.3 is 12.1 Å². The van der Waals surface area contributed by atoms with Gasteiger partial charge in [0.25, 0.3) is 5.91 Å². The number of imide groups is 1. The molecule has 1 saturated carbocycles. The van der Waals surface area contributed by atoms with Crippen LogP contribution in [0.5, 0.6) is 11.5 Å². The Hall–Kier alpha value is -5.86. The number of hydrogen-bond donors (Lipinski definition) is 2. The molecule has 2 N–H and O–H groups in total. The standard InChI is InChI=1S/C30H39FN4O2.C24H28FN3O3/c1-21(2)37-27-14-7-9-23(17-27)20-34-16-15-30(19-22(34)3)28(32-25-11-5-4-6-12-25)33-29(36)35(30)26-13-8-10-24(31)18-26;1-16(2)31-21-9-4-6-18(12-21)15-27-11-10-24(14-17(27)3)22(29)26-23(30)28(24)20-8-5-7-19(25)13-20/h7-10,13-14,17-18,21-22,25H,4-6,11-12,15-16,19-20H2,1-3H3,(H,32,33,36);4-9,12-13,16-17H,10-11,14-15H2,1-3H3,(H,26,29,30)/t22-,30+;17-,24+/m00/s1. The minimum atomic E-state index is -0.997. The largest absolute Gasteiger partial charge is 0.491 e. The third-order valence-corrected chi connectivity index (χ3v) is 14.0. The lowest BCUT2D eigenvalue weighted by Gasteiger charge is -2.47. The molecule has 14 heteroatoms. The highest BCUT2D eigenvalue weighted by Crippen LogP contribution is 2.42. The van der Waals surface area contributed by atoms with Crippen molar-refractivity contribution in [3.8, 4) is 11.5 Å². The number of carbonyl (C=O) groups excluding carboxylic acids is 3. The maximum atomic E-state index is 14.3. The molecule has 1 aliphatic carbocycles. The molecular weight excluding hydrogens is 865 g/mol. The first-order chi connectivity index (χ1) is 32.6. The molecular formula is C54H67F2N7O5. The number of hydrogen-bond acceptors (Lipinski definition) is 8. The Bertz CT molecular complexity index is 2480. The third kappa shape index (κ3) is 10.7. The lowest BCUT2D eigenvalue weighted by Crippen LogP contribution is -2.59. The van der Waals surface area contributed by atoms with Gasteiger partial charge in [0.1, 0.15) is 40.0 Å². The van der Waals surface area contributed by atoms with Gasteiger partial charge in [-0.1, -0.05) is 55.7 Å². The highest BCUT2D eigenvalue weighted by atomic mass is 19.1. The average molecular weight is 932 g/mol. The van der Waals surface area contributed by atoms with Crippen LogP contribution in [0, 0.1) is 11.6 Å². The van der Waals surface area contributed by atoms with Gasteiger partial charge in [-0.25, -0.2) is 18.4 Å². The molecule has 4 saturated heterocycles. The fourth-order valence-corrected chi connectivity index (χ4v) is 10.9. The van der Waals surface area contributed by atoms with Gasteiger partial charge in [0.15, 0.2) is 0 Å².